The van der Waals surface area contributed by atoms with Gasteiger partial charge in [-0.3, -0.25) is 9.36 Å². The van der Waals surface area contributed by atoms with Gasteiger partial charge in [0.2, 0.25) is 5.91 Å². The predicted octanol–water partition coefficient (Wildman–Crippen LogP) is 1.36. The highest BCUT2D eigenvalue weighted by atomic mass is 19.3. The molecule has 1 atom stereocenters. The molecule has 1 N–H and O–H groups in total. The maximum atomic E-state index is 13.2. The normalized spacial score (nSPS) is 18.2. The molecule has 1 aromatic heterocycles. The average molecular weight is 448 g/mol. The molecule has 1 unspecified atom stereocenters. The van der Waals surface area contributed by atoms with E-state index in [1.807, 2.05) is 31.2 Å². The van der Waals surface area contributed by atoms with E-state index in [-0.39, 0.29) is 31.4 Å². The molecule has 11 heteroatoms. The van der Waals surface area contributed by atoms with Crippen LogP contribution in [0.25, 0.3) is 0 Å². The Morgan fingerprint density at radius 2 is 1.84 bits per heavy atom. The van der Waals surface area contributed by atoms with Crippen molar-refractivity contribution in [2.45, 2.75) is 45.3 Å². The minimum atomic E-state index is -2.68. The lowest BCUT2D eigenvalue weighted by Gasteiger charge is -2.34. The number of nitrogens with one attached hydrogen (secondary N) is 1. The second kappa shape index (κ2) is 9.09. The first-order valence-corrected chi connectivity index (χ1v) is 10.7. The number of carbonyl (C=O) groups excluding carboxylic acids is 2. The number of aryl methyl sites for hydroxylation is 1. The van der Waals surface area contributed by atoms with Gasteiger partial charge in [0.25, 0.3) is 6.43 Å². The van der Waals surface area contributed by atoms with Crippen molar-refractivity contribution in [2.75, 3.05) is 26.2 Å². The summed E-state index contributed by atoms with van der Waals surface area (Å²) in [7, 11) is 0. The van der Waals surface area contributed by atoms with E-state index in [2.05, 4.69) is 10.4 Å². The fourth-order valence-corrected chi connectivity index (χ4v) is 4.15. The van der Waals surface area contributed by atoms with E-state index in [0.717, 1.165) is 24.0 Å². The van der Waals surface area contributed by atoms with Gasteiger partial charge in [-0.2, -0.15) is 5.10 Å². The van der Waals surface area contributed by atoms with Crippen LogP contribution < -0.4 is 11.0 Å². The van der Waals surface area contributed by atoms with Crippen molar-refractivity contribution in [2.24, 2.45) is 0 Å². The quantitative estimate of drug-likeness (QED) is 0.748. The Labute approximate surface area is 183 Å². The molecular weight excluding hydrogens is 422 g/mol. The van der Waals surface area contributed by atoms with Crippen LogP contribution in [0.5, 0.6) is 0 Å². The molecule has 3 amide bonds. The first-order chi connectivity index (χ1) is 15.3. The zero-order valence-corrected chi connectivity index (χ0v) is 17.8. The molecule has 2 aromatic rings. The van der Waals surface area contributed by atoms with Gasteiger partial charge in [-0.25, -0.2) is 23.1 Å². The van der Waals surface area contributed by atoms with Gasteiger partial charge in [0.05, 0.1) is 26.2 Å². The number of amides is 3. The number of alkyl halides is 2. The number of hydrogen-bond donors (Lipinski definition) is 1. The Kier molecular flexibility index (Phi) is 6.24. The number of urea groups is 1. The number of rotatable bonds is 5. The third kappa shape index (κ3) is 4.51. The van der Waals surface area contributed by atoms with Crippen molar-refractivity contribution in [3.8, 4) is 0 Å². The van der Waals surface area contributed by atoms with E-state index < -0.39 is 30.7 Å². The number of hydrogen-bond acceptors (Lipinski definition) is 4. The molecule has 3 heterocycles. The molecule has 1 fully saturated rings. The monoisotopic (exact) mass is 448 g/mol. The van der Waals surface area contributed by atoms with E-state index in [0.29, 0.717) is 13.1 Å². The number of aromatic nitrogens is 3. The Hall–Kier alpha value is -3.24. The standard InChI is InChI=1S/C21H26F2N6O3/c1-14-4-6-15(7-5-14)11-28-21(32)29-16(19(30)26-8-2-3-9-26)12-27(13-18(29)25-28)20(31)24-10-17(22)23/h4-7,16-17H,2-3,8-13H2,1H3,(H,24,31). The Balaban J connectivity index is 1.64. The van der Waals surface area contributed by atoms with Gasteiger partial charge < -0.3 is 15.1 Å². The van der Waals surface area contributed by atoms with Gasteiger partial charge in [-0.05, 0) is 25.3 Å². The number of fused-ring (bicyclic) bond motifs is 1. The lowest BCUT2D eigenvalue weighted by atomic mass is 10.1. The van der Waals surface area contributed by atoms with E-state index in [1.54, 1.807) is 4.90 Å². The Morgan fingerprint density at radius 1 is 1.16 bits per heavy atom. The van der Waals surface area contributed by atoms with Crippen molar-refractivity contribution in [3.63, 3.8) is 0 Å². The van der Waals surface area contributed by atoms with Crippen LogP contribution in [0.2, 0.25) is 0 Å². The van der Waals surface area contributed by atoms with E-state index in [9.17, 15) is 23.2 Å². The minimum absolute atomic E-state index is 0.0466. The maximum Gasteiger partial charge on any atom is 0.347 e. The van der Waals surface area contributed by atoms with Crippen molar-refractivity contribution >= 4 is 11.9 Å². The third-order valence-electron chi connectivity index (χ3n) is 5.83. The summed E-state index contributed by atoms with van der Waals surface area (Å²) in [5.74, 6) is 0.00482. The maximum absolute atomic E-state index is 13.2. The molecule has 0 radical (unpaired) electrons. The average Bonchev–Trinajstić information content (AvgIpc) is 3.41. The van der Waals surface area contributed by atoms with Gasteiger partial charge in [-0.1, -0.05) is 29.8 Å². The minimum Gasteiger partial charge on any atom is -0.341 e. The van der Waals surface area contributed by atoms with Crippen LogP contribution in [0, 0.1) is 6.92 Å². The zero-order valence-electron chi connectivity index (χ0n) is 17.8. The molecule has 4 rings (SSSR count). The molecule has 172 valence electrons. The van der Waals surface area contributed by atoms with Gasteiger partial charge >= 0.3 is 11.7 Å². The molecule has 2 aliphatic rings. The molecule has 0 spiro atoms. The number of nitrogens with zero attached hydrogens (tertiary/aromatic N) is 5. The second-order valence-electron chi connectivity index (χ2n) is 8.22. The van der Waals surface area contributed by atoms with E-state index in [4.69, 9.17) is 0 Å². The van der Waals surface area contributed by atoms with Crippen LogP contribution in [0.4, 0.5) is 13.6 Å². The number of carbonyl (C=O) groups is 2. The smallest absolute Gasteiger partial charge is 0.341 e. The second-order valence-corrected chi connectivity index (χ2v) is 8.22. The largest absolute Gasteiger partial charge is 0.347 e. The van der Waals surface area contributed by atoms with Gasteiger partial charge in [0.1, 0.15) is 6.04 Å². The highest BCUT2D eigenvalue weighted by molar-refractivity contribution is 5.82. The molecule has 2 aliphatic heterocycles. The zero-order chi connectivity index (χ0) is 22.8. The van der Waals surface area contributed by atoms with Crippen LogP contribution >= 0.6 is 0 Å². The lowest BCUT2D eigenvalue weighted by molar-refractivity contribution is -0.134. The number of benzene rings is 1. The summed E-state index contributed by atoms with van der Waals surface area (Å²) in [5, 5.41) is 6.55. The summed E-state index contributed by atoms with van der Waals surface area (Å²) in [6.07, 6.45) is -0.922. The summed E-state index contributed by atoms with van der Waals surface area (Å²) in [6.45, 7) is 2.47. The molecule has 9 nitrogen and oxygen atoms in total. The Bertz CT molecular complexity index is 1040. The van der Waals surface area contributed by atoms with Crippen molar-refractivity contribution in [1.82, 2.24) is 29.5 Å². The fraction of sp³-hybridized carbons (Fsp3) is 0.524. The predicted molar refractivity (Wildman–Crippen MR) is 111 cm³/mol. The Morgan fingerprint density at radius 3 is 2.50 bits per heavy atom. The first kappa shape index (κ1) is 22.0. The fourth-order valence-electron chi connectivity index (χ4n) is 4.15. The SMILES string of the molecule is Cc1ccc(Cn2nc3n(c2=O)C(C(=O)N2CCCC2)CN(C(=O)NCC(F)F)C3)cc1. The van der Waals surface area contributed by atoms with Crippen LogP contribution in [0.15, 0.2) is 29.1 Å². The summed E-state index contributed by atoms with van der Waals surface area (Å²) in [5.41, 5.74) is 1.54. The summed E-state index contributed by atoms with van der Waals surface area (Å²) in [4.78, 5) is 41.8. The van der Waals surface area contributed by atoms with Gasteiger partial charge in [0, 0.05) is 13.1 Å². The van der Waals surface area contributed by atoms with Crippen molar-refractivity contribution in [3.05, 3.63) is 51.7 Å². The van der Waals surface area contributed by atoms with Crippen LogP contribution in [-0.2, 0) is 17.9 Å². The topological polar surface area (TPSA) is 92.5 Å². The molecule has 0 saturated carbocycles. The summed E-state index contributed by atoms with van der Waals surface area (Å²) in [6, 6.07) is 6.02. The molecule has 0 aliphatic carbocycles. The lowest BCUT2D eigenvalue weighted by Crippen LogP contribution is -2.52. The highest BCUT2D eigenvalue weighted by Gasteiger charge is 2.38. The first-order valence-electron chi connectivity index (χ1n) is 10.7. The van der Waals surface area contributed by atoms with Crippen LogP contribution in [-0.4, -0.2) is 68.7 Å². The summed E-state index contributed by atoms with van der Waals surface area (Å²) < 4.78 is 27.7. The van der Waals surface area contributed by atoms with E-state index >= 15 is 0 Å². The van der Waals surface area contributed by atoms with Crippen LogP contribution in [0.1, 0.15) is 35.8 Å². The molecular formula is C21H26F2N6O3. The number of halogens is 2. The highest BCUT2D eigenvalue weighted by Crippen LogP contribution is 2.23. The van der Waals surface area contributed by atoms with Gasteiger partial charge in [0.15, 0.2) is 5.82 Å². The van der Waals surface area contributed by atoms with Crippen molar-refractivity contribution < 1.29 is 18.4 Å². The molecule has 0 bridgehead atoms. The summed E-state index contributed by atoms with van der Waals surface area (Å²) >= 11 is 0. The van der Waals surface area contributed by atoms with Crippen LogP contribution in [0.3, 0.4) is 0 Å². The van der Waals surface area contributed by atoms with Gasteiger partial charge in [-0.15, -0.1) is 0 Å². The molecule has 32 heavy (non-hydrogen) atoms. The van der Waals surface area contributed by atoms with Crippen molar-refractivity contribution in [1.29, 1.82) is 0 Å². The van der Waals surface area contributed by atoms with E-state index in [1.165, 1.54) is 14.1 Å². The third-order valence-corrected chi connectivity index (χ3v) is 5.83. The molecule has 1 saturated heterocycles. The molecule has 1 aromatic carbocycles. The number of likely N-dealkylation sites (tertiary alicyclic amines) is 1.